The fourth-order valence-electron chi connectivity index (χ4n) is 3.43. The van der Waals surface area contributed by atoms with Crippen LogP contribution in [0.2, 0.25) is 0 Å². The van der Waals surface area contributed by atoms with Crippen molar-refractivity contribution in [3.63, 3.8) is 0 Å². The van der Waals surface area contributed by atoms with E-state index in [-0.39, 0.29) is 0 Å². The molecule has 1 aliphatic heterocycles. The zero-order valence-corrected chi connectivity index (χ0v) is 15.2. The summed E-state index contributed by atoms with van der Waals surface area (Å²) in [6, 6.07) is 9.09. The van der Waals surface area contributed by atoms with E-state index >= 15 is 0 Å². The number of rotatable bonds is 5. The summed E-state index contributed by atoms with van der Waals surface area (Å²) < 4.78 is 5.30. The van der Waals surface area contributed by atoms with Crippen LogP contribution >= 0.6 is 0 Å². The van der Waals surface area contributed by atoms with Crippen LogP contribution in [-0.2, 0) is 19.5 Å². The first kappa shape index (κ1) is 17.2. The molecule has 2 aromatic rings. The fourth-order valence-corrected chi connectivity index (χ4v) is 3.43. The van der Waals surface area contributed by atoms with Gasteiger partial charge in [0.2, 0.25) is 0 Å². The van der Waals surface area contributed by atoms with Gasteiger partial charge in [-0.3, -0.25) is 9.80 Å². The first-order valence-electron chi connectivity index (χ1n) is 9.10. The van der Waals surface area contributed by atoms with Crippen molar-refractivity contribution in [2.45, 2.75) is 46.7 Å². The molecule has 0 amide bonds. The highest BCUT2D eigenvalue weighted by Crippen LogP contribution is 2.17. The van der Waals surface area contributed by atoms with Crippen LogP contribution < -0.4 is 0 Å². The number of nitrogens with zero attached hydrogens (tertiary/aromatic N) is 3. The highest BCUT2D eigenvalue weighted by molar-refractivity contribution is 5.22. The third-order valence-corrected chi connectivity index (χ3v) is 5.08. The second-order valence-electron chi connectivity index (χ2n) is 6.88. The lowest BCUT2D eigenvalue weighted by Crippen LogP contribution is -2.30. The van der Waals surface area contributed by atoms with Gasteiger partial charge in [-0.2, -0.15) is 0 Å². The van der Waals surface area contributed by atoms with Crippen LogP contribution in [0.3, 0.4) is 0 Å². The van der Waals surface area contributed by atoms with Crippen LogP contribution in [-0.4, -0.2) is 41.1 Å². The van der Waals surface area contributed by atoms with Gasteiger partial charge in [-0.1, -0.05) is 36.3 Å². The van der Waals surface area contributed by atoms with E-state index in [1.807, 2.05) is 13.8 Å². The molecule has 0 saturated carbocycles. The lowest BCUT2D eigenvalue weighted by atomic mass is 10.1. The maximum absolute atomic E-state index is 5.30. The Kier molecular flexibility index (Phi) is 5.69. The number of hydrogen-bond donors (Lipinski definition) is 0. The van der Waals surface area contributed by atoms with E-state index in [9.17, 15) is 0 Å². The molecule has 130 valence electrons. The van der Waals surface area contributed by atoms with E-state index in [2.05, 4.69) is 46.1 Å². The van der Waals surface area contributed by atoms with Crippen LogP contribution in [0.1, 0.15) is 41.5 Å². The van der Waals surface area contributed by atoms with Gasteiger partial charge in [0.05, 0.1) is 5.69 Å². The molecule has 0 spiro atoms. The minimum absolute atomic E-state index is 0.959. The predicted octanol–water partition coefficient (Wildman–Crippen LogP) is 3.56. The SMILES string of the molecule is CCc1ccc(CN2CCCN(Cc3c(C)noc3C)CC2)cc1. The smallest absolute Gasteiger partial charge is 0.138 e. The van der Waals surface area contributed by atoms with Crippen molar-refractivity contribution in [3.8, 4) is 0 Å². The van der Waals surface area contributed by atoms with Gasteiger partial charge in [-0.15, -0.1) is 0 Å². The molecule has 4 heteroatoms. The van der Waals surface area contributed by atoms with Crippen LogP contribution in [0.5, 0.6) is 0 Å². The van der Waals surface area contributed by atoms with Crippen LogP contribution in [0.25, 0.3) is 0 Å². The Morgan fingerprint density at radius 2 is 1.54 bits per heavy atom. The van der Waals surface area contributed by atoms with E-state index in [0.29, 0.717) is 0 Å². The molecule has 1 aromatic carbocycles. The van der Waals surface area contributed by atoms with Gasteiger partial charge in [-0.05, 0) is 50.9 Å². The largest absolute Gasteiger partial charge is 0.361 e. The lowest BCUT2D eigenvalue weighted by Gasteiger charge is -2.22. The van der Waals surface area contributed by atoms with Gasteiger partial charge < -0.3 is 4.52 Å². The number of hydrogen-bond acceptors (Lipinski definition) is 4. The summed E-state index contributed by atoms with van der Waals surface area (Å²) >= 11 is 0. The van der Waals surface area contributed by atoms with E-state index in [0.717, 1.165) is 50.6 Å². The minimum atomic E-state index is 0.959. The molecule has 0 atom stereocenters. The minimum Gasteiger partial charge on any atom is -0.361 e. The molecule has 0 aliphatic carbocycles. The fraction of sp³-hybridized carbons (Fsp3) is 0.550. The van der Waals surface area contributed by atoms with E-state index in [1.165, 1.54) is 29.7 Å². The van der Waals surface area contributed by atoms with Crippen molar-refractivity contribution >= 4 is 0 Å². The Hall–Kier alpha value is -1.65. The molecule has 24 heavy (non-hydrogen) atoms. The maximum Gasteiger partial charge on any atom is 0.138 e. The first-order chi connectivity index (χ1) is 11.7. The predicted molar refractivity (Wildman–Crippen MR) is 97.0 cm³/mol. The molecule has 1 aromatic heterocycles. The summed E-state index contributed by atoms with van der Waals surface area (Å²) in [5.74, 6) is 0.963. The van der Waals surface area contributed by atoms with E-state index in [1.54, 1.807) is 0 Å². The third kappa shape index (κ3) is 4.25. The molecule has 0 N–H and O–H groups in total. The van der Waals surface area contributed by atoms with Gasteiger partial charge in [0.25, 0.3) is 0 Å². The zero-order valence-electron chi connectivity index (χ0n) is 15.2. The Morgan fingerprint density at radius 3 is 2.12 bits per heavy atom. The first-order valence-corrected chi connectivity index (χ1v) is 9.10. The monoisotopic (exact) mass is 327 g/mol. The summed E-state index contributed by atoms with van der Waals surface area (Å²) in [6.07, 6.45) is 2.33. The molecule has 1 saturated heterocycles. The van der Waals surface area contributed by atoms with Gasteiger partial charge in [-0.25, -0.2) is 0 Å². The van der Waals surface area contributed by atoms with E-state index in [4.69, 9.17) is 4.52 Å². The molecule has 1 aliphatic rings. The van der Waals surface area contributed by atoms with Crippen molar-refractivity contribution < 1.29 is 4.52 Å². The second-order valence-corrected chi connectivity index (χ2v) is 6.88. The zero-order chi connectivity index (χ0) is 16.9. The quantitative estimate of drug-likeness (QED) is 0.840. The van der Waals surface area contributed by atoms with Crippen molar-refractivity contribution in [2.24, 2.45) is 0 Å². The van der Waals surface area contributed by atoms with Gasteiger partial charge in [0, 0.05) is 31.7 Å². The van der Waals surface area contributed by atoms with Crippen LogP contribution in [0.15, 0.2) is 28.8 Å². The van der Waals surface area contributed by atoms with Crippen LogP contribution in [0, 0.1) is 13.8 Å². The standard InChI is InChI=1S/C20H29N3O/c1-4-18-6-8-19(9-7-18)14-22-10-5-11-23(13-12-22)15-20-16(2)21-24-17(20)3/h6-9H,4-5,10-15H2,1-3H3. The van der Waals surface area contributed by atoms with Gasteiger partial charge >= 0.3 is 0 Å². The van der Waals surface area contributed by atoms with E-state index < -0.39 is 0 Å². The molecule has 0 radical (unpaired) electrons. The Bertz CT molecular complexity index is 628. The lowest BCUT2D eigenvalue weighted by molar-refractivity contribution is 0.246. The molecule has 0 unspecified atom stereocenters. The maximum atomic E-state index is 5.30. The highest BCUT2D eigenvalue weighted by atomic mass is 16.5. The third-order valence-electron chi connectivity index (χ3n) is 5.08. The molecular formula is C20H29N3O. The summed E-state index contributed by atoms with van der Waals surface area (Å²) in [5.41, 5.74) is 5.13. The molecule has 4 nitrogen and oxygen atoms in total. The second kappa shape index (κ2) is 7.95. The van der Waals surface area contributed by atoms with Crippen molar-refractivity contribution in [3.05, 3.63) is 52.4 Å². The normalized spacial score (nSPS) is 17.1. The van der Waals surface area contributed by atoms with Crippen molar-refractivity contribution in [1.82, 2.24) is 15.0 Å². The topological polar surface area (TPSA) is 32.5 Å². The number of aryl methyl sites for hydroxylation is 3. The highest BCUT2D eigenvalue weighted by Gasteiger charge is 2.18. The summed E-state index contributed by atoms with van der Waals surface area (Å²) in [6.45, 7) is 12.8. The Labute approximate surface area is 145 Å². The average molecular weight is 327 g/mol. The molecular weight excluding hydrogens is 298 g/mol. The summed E-state index contributed by atoms with van der Waals surface area (Å²) in [4.78, 5) is 5.11. The summed E-state index contributed by atoms with van der Waals surface area (Å²) in [5, 5.41) is 4.08. The Morgan fingerprint density at radius 1 is 0.917 bits per heavy atom. The average Bonchev–Trinajstić information content (AvgIpc) is 2.78. The molecule has 3 rings (SSSR count). The van der Waals surface area contributed by atoms with Gasteiger partial charge in [0.15, 0.2) is 0 Å². The van der Waals surface area contributed by atoms with Crippen LogP contribution in [0.4, 0.5) is 0 Å². The molecule has 2 heterocycles. The Balaban J connectivity index is 1.54. The molecule has 0 bridgehead atoms. The van der Waals surface area contributed by atoms with Crippen molar-refractivity contribution in [1.29, 1.82) is 0 Å². The summed E-state index contributed by atoms with van der Waals surface area (Å²) in [7, 11) is 0. The van der Waals surface area contributed by atoms with Gasteiger partial charge in [0.1, 0.15) is 5.76 Å². The molecule has 1 fully saturated rings. The van der Waals surface area contributed by atoms with Crippen molar-refractivity contribution in [2.75, 3.05) is 26.2 Å². The number of benzene rings is 1. The number of aromatic nitrogens is 1.